The number of imidazole rings is 2. The standard InChI is InChI=1S/C43H49F3N8O7/c1-22(2)35(51-41(57)59-5)39(55)53-17-7-9-32(53)37-47-28-15-12-24(19-30(28)49-37)25-11-14-27(34(21-25)61-43(44,45)46)26-13-16-29-31(20-26)50-38(48-29)33-10-8-18-54(33)40(56)36(23(3)4)52-42(58)60-6/h11-16,19-23,32-33,35-36H,7-10,17-18H2,1-6H3,(H,47,49)(H,48,50)(H,51,57)(H,52,58)/t32-,33-,35-,36-/m0/s1. The highest BCUT2D eigenvalue weighted by molar-refractivity contribution is 5.89. The number of aromatic nitrogens is 4. The SMILES string of the molecule is COC(=O)N[C@H](C(=O)N1CCC[C@H]1c1nc2ccc(-c3ccc(-c4ccc5nc([C@@H]6CCCN6C(=O)[C@@H](NC(=O)OC)C(C)C)[nH]c5c4)c(OC(F)(F)F)c3)cc2[nH]1)C(C)C. The van der Waals surface area contributed by atoms with Crippen LogP contribution in [0, 0.1) is 11.8 Å². The number of amides is 4. The van der Waals surface area contributed by atoms with Crippen LogP contribution >= 0.6 is 0 Å². The van der Waals surface area contributed by atoms with Gasteiger partial charge in [-0.2, -0.15) is 0 Å². The van der Waals surface area contributed by atoms with Crippen LogP contribution in [0.25, 0.3) is 44.3 Å². The molecule has 0 unspecified atom stereocenters. The van der Waals surface area contributed by atoms with Gasteiger partial charge in [0.15, 0.2) is 0 Å². The molecule has 15 nitrogen and oxygen atoms in total. The molecule has 324 valence electrons. The fourth-order valence-electron chi connectivity index (χ4n) is 8.26. The maximum absolute atomic E-state index is 14.0. The van der Waals surface area contributed by atoms with Crippen molar-refractivity contribution in [2.75, 3.05) is 27.3 Å². The molecule has 0 aliphatic carbocycles. The normalized spacial score (nSPS) is 17.9. The molecule has 7 rings (SSSR count). The van der Waals surface area contributed by atoms with Gasteiger partial charge in [0.25, 0.3) is 0 Å². The number of fused-ring (bicyclic) bond motifs is 2. The first-order chi connectivity index (χ1) is 29.0. The largest absolute Gasteiger partial charge is 0.573 e. The first-order valence-corrected chi connectivity index (χ1v) is 20.2. The molecule has 2 aliphatic rings. The molecular weight excluding hydrogens is 798 g/mol. The van der Waals surface area contributed by atoms with E-state index in [4.69, 9.17) is 19.4 Å². The molecule has 0 bridgehead atoms. The molecule has 2 saturated heterocycles. The maximum Gasteiger partial charge on any atom is 0.573 e. The van der Waals surface area contributed by atoms with Gasteiger partial charge in [0.1, 0.15) is 29.5 Å². The minimum Gasteiger partial charge on any atom is -0.453 e. The summed E-state index contributed by atoms with van der Waals surface area (Å²) in [5.74, 6) is -0.215. The number of alkyl carbamates (subject to hydrolysis) is 2. The van der Waals surface area contributed by atoms with Crippen molar-refractivity contribution >= 4 is 46.1 Å². The predicted molar refractivity (Wildman–Crippen MR) is 219 cm³/mol. The number of hydrogen-bond acceptors (Lipinski definition) is 9. The average molecular weight is 847 g/mol. The summed E-state index contributed by atoms with van der Waals surface area (Å²) in [4.78, 5) is 70.9. The van der Waals surface area contributed by atoms with E-state index in [1.165, 1.54) is 20.3 Å². The lowest BCUT2D eigenvalue weighted by Gasteiger charge is -2.29. The van der Waals surface area contributed by atoms with Crippen molar-refractivity contribution in [1.82, 2.24) is 40.4 Å². The quantitative estimate of drug-likeness (QED) is 0.103. The van der Waals surface area contributed by atoms with Crippen LogP contribution in [0.15, 0.2) is 54.6 Å². The third-order valence-electron chi connectivity index (χ3n) is 11.3. The van der Waals surface area contributed by atoms with Gasteiger partial charge in [0.05, 0.1) is 48.4 Å². The highest BCUT2D eigenvalue weighted by Gasteiger charge is 2.39. The predicted octanol–water partition coefficient (Wildman–Crippen LogP) is 7.76. The number of aromatic amines is 2. The molecule has 3 aromatic carbocycles. The number of carbonyl (C=O) groups is 4. The Morgan fingerprint density at radius 1 is 0.689 bits per heavy atom. The van der Waals surface area contributed by atoms with E-state index < -0.39 is 42.4 Å². The Hall–Kier alpha value is -6.33. The van der Waals surface area contributed by atoms with E-state index in [-0.39, 0.29) is 35.3 Å². The molecule has 18 heteroatoms. The van der Waals surface area contributed by atoms with E-state index in [1.54, 1.807) is 58.3 Å². The molecule has 0 radical (unpaired) electrons. The van der Waals surface area contributed by atoms with Crippen molar-refractivity contribution < 1.29 is 46.6 Å². The molecule has 2 aromatic heterocycles. The number of methoxy groups -OCH3 is 2. The minimum absolute atomic E-state index is 0.195. The van der Waals surface area contributed by atoms with Crippen LogP contribution in [0.2, 0.25) is 0 Å². The maximum atomic E-state index is 14.0. The van der Waals surface area contributed by atoms with Crippen molar-refractivity contribution in [3.8, 4) is 28.0 Å². The fourth-order valence-corrected chi connectivity index (χ4v) is 8.26. The number of alkyl halides is 3. The molecule has 61 heavy (non-hydrogen) atoms. The van der Waals surface area contributed by atoms with Crippen LogP contribution < -0.4 is 15.4 Å². The average Bonchev–Trinajstić information content (AvgIpc) is 4.05. The molecule has 4 atom stereocenters. The number of nitrogens with zero attached hydrogens (tertiary/aromatic N) is 4. The number of carbonyl (C=O) groups excluding carboxylic acids is 4. The number of H-pyrrole nitrogens is 2. The summed E-state index contributed by atoms with van der Waals surface area (Å²) in [6, 6.07) is 12.7. The van der Waals surface area contributed by atoms with Gasteiger partial charge in [0.2, 0.25) is 11.8 Å². The van der Waals surface area contributed by atoms with Gasteiger partial charge in [-0.3, -0.25) is 9.59 Å². The summed E-state index contributed by atoms with van der Waals surface area (Å²) in [5.41, 5.74) is 4.08. The van der Waals surface area contributed by atoms with Crippen molar-refractivity contribution in [3.63, 3.8) is 0 Å². The Bertz CT molecular complexity index is 2450. The second-order valence-electron chi connectivity index (χ2n) is 16.1. The molecule has 0 saturated carbocycles. The zero-order valence-electron chi connectivity index (χ0n) is 34.7. The van der Waals surface area contributed by atoms with E-state index in [1.807, 2.05) is 27.7 Å². The third kappa shape index (κ3) is 9.07. The molecular formula is C43H49F3N8O7. The van der Waals surface area contributed by atoms with Crippen LogP contribution in [-0.4, -0.2) is 99.5 Å². The molecule has 0 spiro atoms. The molecule has 4 heterocycles. The smallest absolute Gasteiger partial charge is 0.453 e. The van der Waals surface area contributed by atoms with E-state index in [9.17, 15) is 32.3 Å². The summed E-state index contributed by atoms with van der Waals surface area (Å²) >= 11 is 0. The number of halogens is 3. The van der Waals surface area contributed by atoms with Crippen LogP contribution in [-0.2, 0) is 19.1 Å². The van der Waals surface area contributed by atoms with Gasteiger partial charge in [-0.25, -0.2) is 19.6 Å². The third-order valence-corrected chi connectivity index (χ3v) is 11.3. The highest BCUT2D eigenvalue weighted by atomic mass is 19.4. The summed E-state index contributed by atoms with van der Waals surface area (Å²) in [6.07, 6.45) is -3.64. The van der Waals surface area contributed by atoms with Crippen LogP contribution in [0.5, 0.6) is 5.75 Å². The number of likely N-dealkylation sites (tertiary alicyclic amines) is 2. The number of nitrogens with one attached hydrogen (secondary N) is 4. The summed E-state index contributed by atoms with van der Waals surface area (Å²) < 4.78 is 56.0. The molecule has 2 aliphatic heterocycles. The van der Waals surface area contributed by atoms with Gasteiger partial charge in [-0.15, -0.1) is 13.2 Å². The first-order valence-electron chi connectivity index (χ1n) is 20.2. The molecule has 2 fully saturated rings. The number of rotatable bonds is 11. The molecule has 5 aromatic rings. The van der Waals surface area contributed by atoms with Gasteiger partial charge in [-0.05, 0) is 84.5 Å². The monoisotopic (exact) mass is 846 g/mol. The Kier molecular flexibility index (Phi) is 12.2. The van der Waals surface area contributed by atoms with Gasteiger partial charge in [0, 0.05) is 18.7 Å². The molecule has 4 amide bonds. The van der Waals surface area contributed by atoms with Gasteiger partial charge >= 0.3 is 18.5 Å². The Morgan fingerprint density at radius 2 is 1.13 bits per heavy atom. The van der Waals surface area contributed by atoms with E-state index >= 15 is 0 Å². The van der Waals surface area contributed by atoms with E-state index in [0.717, 1.165) is 12.8 Å². The second kappa shape index (κ2) is 17.3. The van der Waals surface area contributed by atoms with E-state index in [2.05, 4.69) is 25.3 Å². The summed E-state index contributed by atoms with van der Waals surface area (Å²) in [5, 5.41) is 5.28. The van der Waals surface area contributed by atoms with Crippen molar-refractivity contribution in [2.45, 2.75) is 83.9 Å². The Balaban J connectivity index is 1.15. The lowest BCUT2D eigenvalue weighted by molar-refractivity contribution is -0.274. The van der Waals surface area contributed by atoms with Gasteiger partial charge < -0.3 is 44.6 Å². The number of hydrogen-bond donors (Lipinski definition) is 4. The summed E-state index contributed by atoms with van der Waals surface area (Å²) in [6.45, 7) is 8.29. The summed E-state index contributed by atoms with van der Waals surface area (Å²) in [7, 11) is 2.47. The Labute approximate surface area is 349 Å². The topological polar surface area (TPSA) is 184 Å². The second-order valence-corrected chi connectivity index (χ2v) is 16.1. The lowest BCUT2D eigenvalue weighted by atomic mass is 9.98. The number of ether oxygens (including phenoxy) is 3. The zero-order valence-corrected chi connectivity index (χ0v) is 34.7. The van der Waals surface area contributed by atoms with Crippen LogP contribution in [0.1, 0.15) is 77.1 Å². The Morgan fingerprint density at radius 3 is 1.59 bits per heavy atom. The van der Waals surface area contributed by atoms with Crippen LogP contribution in [0.3, 0.4) is 0 Å². The number of benzene rings is 3. The lowest BCUT2D eigenvalue weighted by Crippen LogP contribution is -2.51. The first kappa shape index (κ1) is 42.8. The van der Waals surface area contributed by atoms with E-state index in [0.29, 0.717) is 76.3 Å². The van der Waals surface area contributed by atoms with Crippen molar-refractivity contribution in [3.05, 3.63) is 66.2 Å². The van der Waals surface area contributed by atoms with Crippen LogP contribution in [0.4, 0.5) is 22.8 Å². The fraction of sp³-hybridized carbons (Fsp3) is 0.442. The minimum atomic E-state index is -4.98. The van der Waals surface area contributed by atoms with Crippen molar-refractivity contribution in [1.29, 1.82) is 0 Å². The van der Waals surface area contributed by atoms with Crippen molar-refractivity contribution in [2.24, 2.45) is 11.8 Å². The zero-order chi connectivity index (χ0) is 43.7. The molecule has 4 N–H and O–H groups in total. The van der Waals surface area contributed by atoms with Gasteiger partial charge in [-0.1, -0.05) is 52.0 Å². The highest BCUT2D eigenvalue weighted by Crippen LogP contribution is 2.40.